The summed E-state index contributed by atoms with van der Waals surface area (Å²) >= 11 is 0. The molecule has 0 unspecified atom stereocenters. The summed E-state index contributed by atoms with van der Waals surface area (Å²) in [6.07, 6.45) is 3.71. The van der Waals surface area contributed by atoms with Gasteiger partial charge in [-0.05, 0) is 18.2 Å². The molecule has 0 saturated heterocycles. The van der Waals surface area contributed by atoms with Gasteiger partial charge in [0, 0.05) is 25.0 Å². The number of aromatic nitrogens is 2. The third kappa shape index (κ3) is 2.94. The van der Waals surface area contributed by atoms with Crippen molar-refractivity contribution in [3.63, 3.8) is 0 Å². The number of methoxy groups -OCH3 is 2. The van der Waals surface area contributed by atoms with Gasteiger partial charge in [-0.15, -0.1) is 0 Å². The number of rotatable bonds is 6. The molecule has 5 nitrogen and oxygen atoms in total. The third-order valence-corrected chi connectivity index (χ3v) is 2.62. The van der Waals surface area contributed by atoms with E-state index < -0.39 is 0 Å². The van der Waals surface area contributed by atoms with Gasteiger partial charge in [0.1, 0.15) is 11.5 Å². The van der Waals surface area contributed by atoms with Gasteiger partial charge in [-0.1, -0.05) is 0 Å². The fourth-order valence-electron chi connectivity index (χ4n) is 1.68. The molecule has 96 valence electrons. The molecule has 0 fully saturated rings. The van der Waals surface area contributed by atoms with Crippen molar-refractivity contribution >= 4 is 5.69 Å². The molecule has 18 heavy (non-hydrogen) atoms. The zero-order chi connectivity index (χ0) is 12.8. The summed E-state index contributed by atoms with van der Waals surface area (Å²) in [6.45, 7) is 1.59. The highest BCUT2D eigenvalue weighted by molar-refractivity contribution is 5.59. The molecule has 0 amide bonds. The topological polar surface area (TPSA) is 48.3 Å². The Labute approximate surface area is 106 Å². The Morgan fingerprint density at radius 1 is 1.28 bits per heavy atom. The Bertz CT molecular complexity index is 483. The Balaban J connectivity index is 1.96. The molecule has 1 aromatic heterocycles. The van der Waals surface area contributed by atoms with Crippen molar-refractivity contribution in [3.05, 3.63) is 36.7 Å². The maximum atomic E-state index is 5.31. The molecule has 2 aromatic rings. The summed E-state index contributed by atoms with van der Waals surface area (Å²) in [4.78, 5) is 0. The molecule has 0 spiro atoms. The third-order valence-electron chi connectivity index (χ3n) is 2.62. The summed E-state index contributed by atoms with van der Waals surface area (Å²) in [7, 11) is 3.28. The summed E-state index contributed by atoms with van der Waals surface area (Å²) in [5, 5.41) is 7.46. The number of nitrogens with one attached hydrogen (secondary N) is 1. The van der Waals surface area contributed by atoms with E-state index in [4.69, 9.17) is 9.47 Å². The lowest BCUT2D eigenvalue weighted by atomic mass is 10.2. The standard InChI is InChI=1S/C13H17N3O2/c1-17-11-4-5-12(13(10-11)18-2)14-7-9-16-8-3-6-15-16/h3-6,8,10,14H,7,9H2,1-2H3. The minimum atomic E-state index is 0.773. The second-order valence-electron chi connectivity index (χ2n) is 3.76. The zero-order valence-corrected chi connectivity index (χ0v) is 10.6. The van der Waals surface area contributed by atoms with Crippen molar-refractivity contribution in [2.24, 2.45) is 0 Å². The SMILES string of the molecule is COc1ccc(NCCn2cccn2)c(OC)c1. The average Bonchev–Trinajstić information content (AvgIpc) is 2.92. The summed E-state index contributed by atoms with van der Waals surface area (Å²) < 4.78 is 12.3. The zero-order valence-electron chi connectivity index (χ0n) is 10.6. The molecule has 1 aromatic carbocycles. The number of benzene rings is 1. The van der Waals surface area contributed by atoms with Crippen LogP contribution in [-0.2, 0) is 6.54 Å². The van der Waals surface area contributed by atoms with Crippen LogP contribution in [0.15, 0.2) is 36.7 Å². The van der Waals surface area contributed by atoms with Crippen LogP contribution in [0.25, 0.3) is 0 Å². The van der Waals surface area contributed by atoms with Crippen LogP contribution in [0.1, 0.15) is 0 Å². The molecule has 0 aliphatic carbocycles. The first-order valence-electron chi connectivity index (χ1n) is 5.77. The van der Waals surface area contributed by atoms with E-state index in [-0.39, 0.29) is 0 Å². The van der Waals surface area contributed by atoms with Crippen LogP contribution >= 0.6 is 0 Å². The van der Waals surface area contributed by atoms with E-state index in [2.05, 4.69) is 10.4 Å². The molecule has 0 saturated carbocycles. The number of hydrogen-bond donors (Lipinski definition) is 1. The van der Waals surface area contributed by atoms with Gasteiger partial charge in [0.25, 0.3) is 0 Å². The van der Waals surface area contributed by atoms with Gasteiger partial charge in [0.15, 0.2) is 0 Å². The van der Waals surface area contributed by atoms with Crippen molar-refractivity contribution < 1.29 is 9.47 Å². The Kier molecular flexibility index (Phi) is 4.06. The first-order chi connectivity index (χ1) is 8.83. The van der Waals surface area contributed by atoms with E-state index >= 15 is 0 Å². The van der Waals surface area contributed by atoms with E-state index in [1.54, 1.807) is 20.4 Å². The fraction of sp³-hybridized carbons (Fsp3) is 0.308. The monoisotopic (exact) mass is 247 g/mol. The smallest absolute Gasteiger partial charge is 0.145 e. The van der Waals surface area contributed by atoms with Crippen LogP contribution < -0.4 is 14.8 Å². The molecule has 1 heterocycles. The van der Waals surface area contributed by atoms with Crippen LogP contribution in [0.2, 0.25) is 0 Å². The number of anilines is 1. The minimum absolute atomic E-state index is 0.773. The lowest BCUT2D eigenvalue weighted by Gasteiger charge is -2.12. The lowest BCUT2D eigenvalue weighted by Crippen LogP contribution is -2.11. The van der Waals surface area contributed by atoms with Crippen molar-refractivity contribution in [2.75, 3.05) is 26.1 Å². The molecule has 5 heteroatoms. The second kappa shape index (κ2) is 5.95. The second-order valence-corrected chi connectivity index (χ2v) is 3.76. The lowest BCUT2D eigenvalue weighted by molar-refractivity contribution is 0.395. The van der Waals surface area contributed by atoms with Crippen LogP contribution in [0.3, 0.4) is 0 Å². The van der Waals surface area contributed by atoms with Gasteiger partial charge < -0.3 is 14.8 Å². The molecule has 0 atom stereocenters. The van der Waals surface area contributed by atoms with E-state index in [0.717, 1.165) is 30.3 Å². The molecular weight excluding hydrogens is 230 g/mol. The number of ether oxygens (including phenoxy) is 2. The van der Waals surface area contributed by atoms with Crippen LogP contribution in [0.4, 0.5) is 5.69 Å². The maximum absolute atomic E-state index is 5.31. The number of nitrogens with zero attached hydrogens (tertiary/aromatic N) is 2. The van der Waals surface area contributed by atoms with Gasteiger partial charge in [0.2, 0.25) is 0 Å². The van der Waals surface area contributed by atoms with Gasteiger partial charge in [-0.3, -0.25) is 4.68 Å². The molecule has 0 aliphatic heterocycles. The van der Waals surface area contributed by atoms with Crippen molar-refractivity contribution in [1.82, 2.24) is 9.78 Å². The first-order valence-corrected chi connectivity index (χ1v) is 5.77. The summed E-state index contributed by atoms with van der Waals surface area (Å²) in [5.41, 5.74) is 0.949. The Morgan fingerprint density at radius 3 is 2.83 bits per heavy atom. The van der Waals surface area contributed by atoms with Crippen LogP contribution in [-0.4, -0.2) is 30.5 Å². The maximum Gasteiger partial charge on any atom is 0.145 e. The predicted molar refractivity (Wildman–Crippen MR) is 70.3 cm³/mol. The fourth-order valence-corrected chi connectivity index (χ4v) is 1.68. The van der Waals surface area contributed by atoms with Crippen LogP contribution in [0, 0.1) is 0 Å². The Morgan fingerprint density at radius 2 is 2.17 bits per heavy atom. The molecule has 0 radical (unpaired) electrons. The summed E-state index contributed by atoms with van der Waals surface area (Å²) in [5.74, 6) is 1.55. The van der Waals surface area contributed by atoms with E-state index in [1.807, 2.05) is 35.1 Å². The van der Waals surface area contributed by atoms with Crippen molar-refractivity contribution in [2.45, 2.75) is 6.54 Å². The minimum Gasteiger partial charge on any atom is -0.497 e. The quantitative estimate of drug-likeness (QED) is 0.848. The molecular formula is C13H17N3O2. The largest absolute Gasteiger partial charge is 0.497 e. The normalized spacial score (nSPS) is 10.1. The van der Waals surface area contributed by atoms with Gasteiger partial charge in [0.05, 0.1) is 26.5 Å². The predicted octanol–water partition coefficient (Wildman–Crippen LogP) is 2.01. The van der Waals surface area contributed by atoms with Gasteiger partial charge >= 0.3 is 0 Å². The van der Waals surface area contributed by atoms with Crippen molar-refractivity contribution in [1.29, 1.82) is 0 Å². The molecule has 0 bridgehead atoms. The van der Waals surface area contributed by atoms with Crippen molar-refractivity contribution in [3.8, 4) is 11.5 Å². The Hall–Kier alpha value is -2.17. The van der Waals surface area contributed by atoms with Gasteiger partial charge in [-0.2, -0.15) is 5.10 Å². The highest BCUT2D eigenvalue weighted by atomic mass is 16.5. The highest BCUT2D eigenvalue weighted by Crippen LogP contribution is 2.28. The molecule has 1 N–H and O–H groups in total. The number of hydrogen-bond acceptors (Lipinski definition) is 4. The average molecular weight is 247 g/mol. The summed E-state index contributed by atoms with van der Waals surface area (Å²) in [6, 6.07) is 7.61. The van der Waals surface area contributed by atoms with Gasteiger partial charge in [-0.25, -0.2) is 0 Å². The first kappa shape index (κ1) is 12.3. The van der Waals surface area contributed by atoms with E-state index in [1.165, 1.54) is 0 Å². The van der Waals surface area contributed by atoms with E-state index in [0.29, 0.717) is 0 Å². The van der Waals surface area contributed by atoms with E-state index in [9.17, 15) is 0 Å². The molecule has 2 rings (SSSR count). The van der Waals surface area contributed by atoms with Crippen LogP contribution in [0.5, 0.6) is 11.5 Å². The highest BCUT2D eigenvalue weighted by Gasteiger charge is 2.04. The molecule has 0 aliphatic rings.